The van der Waals surface area contributed by atoms with Crippen molar-refractivity contribution in [1.29, 1.82) is 0 Å². The summed E-state index contributed by atoms with van der Waals surface area (Å²) in [6, 6.07) is 77.1. The molecule has 54 heavy (non-hydrogen) atoms. The maximum atomic E-state index is 2.43. The number of nitrogens with zero attached hydrogens (tertiary/aromatic N) is 1. The van der Waals surface area contributed by atoms with Crippen molar-refractivity contribution in [3.63, 3.8) is 0 Å². The van der Waals surface area contributed by atoms with Gasteiger partial charge in [-0.1, -0.05) is 170 Å². The van der Waals surface area contributed by atoms with Crippen LogP contribution in [0, 0.1) is 0 Å². The third-order valence-electron chi connectivity index (χ3n) is 10.5. The van der Waals surface area contributed by atoms with Gasteiger partial charge in [0.2, 0.25) is 0 Å². The van der Waals surface area contributed by atoms with Crippen molar-refractivity contribution in [3.8, 4) is 44.5 Å². The highest BCUT2D eigenvalue weighted by Crippen LogP contribution is 2.46. The summed E-state index contributed by atoms with van der Waals surface area (Å²) in [7, 11) is 0. The van der Waals surface area contributed by atoms with E-state index in [2.05, 4.69) is 217 Å². The predicted molar refractivity (Wildman–Crippen MR) is 233 cm³/mol. The molecule has 1 aromatic heterocycles. The van der Waals surface area contributed by atoms with Gasteiger partial charge in [-0.2, -0.15) is 0 Å². The van der Waals surface area contributed by atoms with E-state index in [1.54, 1.807) is 0 Å². The second-order valence-corrected chi connectivity index (χ2v) is 14.8. The van der Waals surface area contributed by atoms with Crippen molar-refractivity contribution in [2.24, 2.45) is 0 Å². The molecule has 0 aliphatic rings. The van der Waals surface area contributed by atoms with Crippen molar-refractivity contribution >= 4 is 59.3 Å². The second kappa shape index (κ2) is 13.7. The Kier molecular flexibility index (Phi) is 8.09. The molecule has 9 aromatic carbocycles. The number of rotatable bonds is 7. The molecule has 2 heteroatoms. The fourth-order valence-electron chi connectivity index (χ4n) is 7.87. The van der Waals surface area contributed by atoms with Crippen LogP contribution in [0.3, 0.4) is 0 Å². The van der Waals surface area contributed by atoms with Crippen LogP contribution in [0.4, 0.5) is 17.1 Å². The predicted octanol–water partition coefficient (Wildman–Crippen LogP) is 15.3. The Hall–Kier alpha value is -6.74. The lowest BCUT2D eigenvalue weighted by Crippen LogP contribution is -2.12. The Bertz CT molecular complexity index is 2920. The lowest BCUT2D eigenvalue weighted by atomic mass is 9.96. The summed E-state index contributed by atoms with van der Waals surface area (Å²) in [6.07, 6.45) is 0. The van der Waals surface area contributed by atoms with Crippen molar-refractivity contribution in [3.05, 3.63) is 212 Å². The van der Waals surface area contributed by atoms with Crippen LogP contribution in [-0.2, 0) is 0 Å². The highest BCUT2D eigenvalue weighted by atomic mass is 32.1. The van der Waals surface area contributed by atoms with E-state index in [-0.39, 0.29) is 0 Å². The fourth-order valence-corrected chi connectivity index (χ4v) is 8.95. The van der Waals surface area contributed by atoms with Gasteiger partial charge in [0.15, 0.2) is 0 Å². The standard InChI is InChI=1S/C52H35NS/c1-2-13-39(14-3-1)45-18-6-9-22-49(45)53(50-23-10-7-19-46(50)41-31-34-52-48(35-41)47-20-8-11-24-51(47)54-52)42-32-29-37(30-33-42)36-25-27-40(28-26-36)44-21-12-16-38-15-4-5-17-43(38)44/h1-35H. The first-order valence-electron chi connectivity index (χ1n) is 18.4. The lowest BCUT2D eigenvalue weighted by molar-refractivity contribution is 1.28. The van der Waals surface area contributed by atoms with E-state index in [0.29, 0.717) is 0 Å². The number of hydrogen-bond donors (Lipinski definition) is 0. The number of fused-ring (bicyclic) bond motifs is 4. The molecule has 0 saturated carbocycles. The maximum absolute atomic E-state index is 2.43. The Morgan fingerprint density at radius 3 is 1.56 bits per heavy atom. The van der Waals surface area contributed by atoms with Crippen LogP contribution in [0.15, 0.2) is 212 Å². The van der Waals surface area contributed by atoms with Crippen LogP contribution in [0.2, 0.25) is 0 Å². The molecule has 0 radical (unpaired) electrons. The highest BCUT2D eigenvalue weighted by molar-refractivity contribution is 7.25. The van der Waals surface area contributed by atoms with E-state index in [0.717, 1.165) is 17.1 Å². The van der Waals surface area contributed by atoms with Crippen molar-refractivity contribution < 1.29 is 0 Å². The van der Waals surface area contributed by atoms with Gasteiger partial charge in [0, 0.05) is 37.0 Å². The topological polar surface area (TPSA) is 3.24 Å². The average Bonchev–Trinajstić information content (AvgIpc) is 3.63. The van der Waals surface area contributed by atoms with Crippen molar-refractivity contribution in [1.82, 2.24) is 0 Å². The molecule has 10 aromatic rings. The highest BCUT2D eigenvalue weighted by Gasteiger charge is 2.21. The van der Waals surface area contributed by atoms with Crippen LogP contribution in [-0.4, -0.2) is 0 Å². The molecule has 0 bridgehead atoms. The molecular formula is C52H35NS. The molecule has 1 heterocycles. The Labute approximate surface area is 319 Å². The number of anilines is 3. The summed E-state index contributed by atoms with van der Waals surface area (Å²) in [5, 5.41) is 5.14. The third kappa shape index (κ3) is 5.74. The summed E-state index contributed by atoms with van der Waals surface area (Å²) in [4.78, 5) is 2.43. The number of benzene rings is 9. The zero-order valence-electron chi connectivity index (χ0n) is 29.6. The van der Waals surface area contributed by atoms with E-state index in [4.69, 9.17) is 0 Å². The monoisotopic (exact) mass is 705 g/mol. The molecule has 1 nitrogen and oxygen atoms in total. The minimum Gasteiger partial charge on any atom is -0.309 e. The largest absolute Gasteiger partial charge is 0.309 e. The van der Waals surface area contributed by atoms with E-state index in [1.807, 2.05) is 11.3 Å². The smallest absolute Gasteiger partial charge is 0.0540 e. The Morgan fingerprint density at radius 1 is 0.296 bits per heavy atom. The average molecular weight is 706 g/mol. The second-order valence-electron chi connectivity index (χ2n) is 13.7. The van der Waals surface area contributed by atoms with Gasteiger partial charge in [-0.3, -0.25) is 0 Å². The van der Waals surface area contributed by atoms with Crippen LogP contribution in [0.1, 0.15) is 0 Å². The van der Waals surface area contributed by atoms with E-state index in [1.165, 1.54) is 75.5 Å². The molecule has 0 N–H and O–H groups in total. The molecule has 0 saturated heterocycles. The minimum absolute atomic E-state index is 1.10. The zero-order chi connectivity index (χ0) is 35.8. The first-order chi connectivity index (χ1) is 26.8. The maximum Gasteiger partial charge on any atom is 0.0540 e. The first kappa shape index (κ1) is 32.0. The molecule has 0 fully saturated rings. The summed E-state index contributed by atoms with van der Waals surface area (Å²) in [5.74, 6) is 0. The van der Waals surface area contributed by atoms with Crippen LogP contribution >= 0.6 is 11.3 Å². The van der Waals surface area contributed by atoms with Crippen molar-refractivity contribution in [2.75, 3.05) is 4.90 Å². The van der Waals surface area contributed by atoms with Crippen LogP contribution in [0.5, 0.6) is 0 Å². The SMILES string of the molecule is c1ccc(-c2ccccc2N(c2ccc(-c3ccc(-c4cccc5ccccc45)cc3)cc2)c2ccccc2-c2ccc3sc4ccccc4c3c2)cc1. The molecular weight excluding hydrogens is 671 g/mol. The quantitative estimate of drug-likeness (QED) is 0.160. The van der Waals surface area contributed by atoms with Gasteiger partial charge in [-0.15, -0.1) is 11.3 Å². The van der Waals surface area contributed by atoms with Gasteiger partial charge in [-0.25, -0.2) is 0 Å². The number of para-hydroxylation sites is 2. The van der Waals surface area contributed by atoms with Gasteiger partial charge in [0.05, 0.1) is 11.4 Å². The van der Waals surface area contributed by atoms with Gasteiger partial charge < -0.3 is 4.90 Å². The van der Waals surface area contributed by atoms with Crippen LogP contribution < -0.4 is 4.90 Å². The normalized spacial score (nSPS) is 11.3. The number of hydrogen-bond acceptors (Lipinski definition) is 2. The Balaban J connectivity index is 1.08. The number of thiophene rings is 1. The van der Waals surface area contributed by atoms with Crippen LogP contribution in [0.25, 0.3) is 75.5 Å². The van der Waals surface area contributed by atoms with Gasteiger partial charge in [-0.05, 0) is 86.6 Å². The molecule has 0 aliphatic carbocycles. The molecule has 0 atom stereocenters. The summed E-state index contributed by atoms with van der Waals surface area (Å²) in [5.41, 5.74) is 13.0. The molecule has 10 rings (SSSR count). The minimum atomic E-state index is 1.10. The van der Waals surface area contributed by atoms with Gasteiger partial charge >= 0.3 is 0 Å². The third-order valence-corrected chi connectivity index (χ3v) is 11.7. The molecule has 0 spiro atoms. The molecule has 254 valence electrons. The first-order valence-corrected chi connectivity index (χ1v) is 19.2. The molecule has 0 unspecified atom stereocenters. The zero-order valence-corrected chi connectivity index (χ0v) is 30.4. The Morgan fingerprint density at radius 2 is 0.796 bits per heavy atom. The molecule has 0 aliphatic heterocycles. The van der Waals surface area contributed by atoms with E-state index < -0.39 is 0 Å². The summed E-state index contributed by atoms with van der Waals surface area (Å²) < 4.78 is 2.63. The van der Waals surface area contributed by atoms with Gasteiger partial charge in [0.1, 0.15) is 0 Å². The van der Waals surface area contributed by atoms with E-state index in [9.17, 15) is 0 Å². The van der Waals surface area contributed by atoms with Gasteiger partial charge in [0.25, 0.3) is 0 Å². The lowest BCUT2D eigenvalue weighted by Gasteiger charge is -2.30. The van der Waals surface area contributed by atoms with E-state index >= 15 is 0 Å². The summed E-state index contributed by atoms with van der Waals surface area (Å²) >= 11 is 1.86. The fraction of sp³-hybridized carbons (Fsp3) is 0. The van der Waals surface area contributed by atoms with Crippen molar-refractivity contribution in [2.45, 2.75) is 0 Å². The summed E-state index contributed by atoms with van der Waals surface area (Å²) in [6.45, 7) is 0. The molecule has 0 amide bonds.